The molecule has 0 unspecified atom stereocenters. The van der Waals surface area contributed by atoms with Crippen molar-refractivity contribution in [2.24, 2.45) is 0 Å². The second-order valence-corrected chi connectivity index (χ2v) is 2.63. The van der Waals surface area contributed by atoms with E-state index in [-0.39, 0.29) is 18.4 Å². The Morgan fingerprint density at radius 3 is 2.87 bits per heavy atom. The lowest BCUT2D eigenvalue weighted by Gasteiger charge is -2.01. The molecule has 0 saturated heterocycles. The number of tetrazole rings is 1. The monoisotopic (exact) mass is 205 g/mol. The van der Waals surface area contributed by atoms with Crippen LogP contribution >= 0.6 is 0 Å². The Morgan fingerprint density at radius 2 is 2.20 bits per heavy atom. The molecule has 0 fully saturated rings. The molecule has 0 atom stereocenters. The van der Waals surface area contributed by atoms with Crippen molar-refractivity contribution >= 4 is 11.9 Å². The smallest absolute Gasteiger partial charge is 0.248 e. The predicted octanol–water partition coefficient (Wildman–Crippen LogP) is -0.898. The normalized spacial score (nSPS) is 9.87. The molecule has 0 saturated carbocycles. The highest BCUT2D eigenvalue weighted by Gasteiger charge is 2.05. The number of rotatable bonds is 3. The van der Waals surface area contributed by atoms with Crippen molar-refractivity contribution in [1.82, 2.24) is 30.2 Å². The van der Waals surface area contributed by atoms with E-state index < -0.39 is 0 Å². The average molecular weight is 205 g/mol. The molecular formula is C7H7N7O. The SMILES string of the molecule is O=C(Cn1cnnn1)Nc1ncccn1. The minimum Gasteiger partial charge on any atom is -0.293 e. The van der Waals surface area contributed by atoms with Gasteiger partial charge in [0.25, 0.3) is 0 Å². The molecule has 1 amide bonds. The van der Waals surface area contributed by atoms with Crippen LogP contribution < -0.4 is 5.32 Å². The van der Waals surface area contributed by atoms with Gasteiger partial charge in [0.05, 0.1) is 0 Å². The highest BCUT2D eigenvalue weighted by molar-refractivity contribution is 5.88. The van der Waals surface area contributed by atoms with Gasteiger partial charge in [0, 0.05) is 12.4 Å². The molecule has 2 aromatic heterocycles. The largest absolute Gasteiger partial charge is 0.293 e. The van der Waals surface area contributed by atoms with Gasteiger partial charge in [-0.05, 0) is 16.5 Å². The molecule has 0 aromatic carbocycles. The van der Waals surface area contributed by atoms with Gasteiger partial charge in [-0.1, -0.05) is 0 Å². The van der Waals surface area contributed by atoms with Gasteiger partial charge in [0.2, 0.25) is 11.9 Å². The van der Waals surface area contributed by atoms with Crippen molar-refractivity contribution in [1.29, 1.82) is 0 Å². The molecular weight excluding hydrogens is 198 g/mol. The number of anilines is 1. The zero-order chi connectivity index (χ0) is 10.5. The zero-order valence-electron chi connectivity index (χ0n) is 7.61. The average Bonchev–Trinajstić information content (AvgIpc) is 2.71. The third-order valence-electron chi connectivity index (χ3n) is 1.51. The summed E-state index contributed by atoms with van der Waals surface area (Å²) >= 11 is 0. The fourth-order valence-electron chi connectivity index (χ4n) is 0.928. The van der Waals surface area contributed by atoms with Crippen LogP contribution in [-0.2, 0) is 11.3 Å². The Labute approximate surface area is 84.4 Å². The molecule has 0 radical (unpaired) electrons. The van der Waals surface area contributed by atoms with Crippen LogP contribution in [0.25, 0.3) is 0 Å². The Morgan fingerprint density at radius 1 is 1.40 bits per heavy atom. The molecule has 2 rings (SSSR count). The van der Waals surface area contributed by atoms with E-state index in [1.165, 1.54) is 11.0 Å². The summed E-state index contributed by atoms with van der Waals surface area (Å²) in [5.41, 5.74) is 0. The van der Waals surface area contributed by atoms with Crippen molar-refractivity contribution in [3.8, 4) is 0 Å². The topological polar surface area (TPSA) is 98.5 Å². The minimum atomic E-state index is -0.284. The van der Waals surface area contributed by atoms with E-state index in [0.717, 1.165) is 0 Å². The lowest BCUT2D eigenvalue weighted by Crippen LogP contribution is -2.20. The molecule has 2 heterocycles. The standard InChI is InChI=1S/C7H7N7O/c15-6(4-14-5-10-12-13-14)11-7-8-2-1-3-9-7/h1-3,5H,4H2,(H,8,9,11,15). The molecule has 8 heteroatoms. The van der Waals surface area contributed by atoms with Gasteiger partial charge < -0.3 is 0 Å². The molecule has 0 aliphatic carbocycles. The maximum atomic E-state index is 11.4. The number of aromatic nitrogens is 6. The third-order valence-corrected chi connectivity index (χ3v) is 1.51. The van der Waals surface area contributed by atoms with E-state index in [1.54, 1.807) is 18.5 Å². The maximum Gasteiger partial charge on any atom is 0.248 e. The fraction of sp³-hybridized carbons (Fsp3) is 0.143. The summed E-state index contributed by atoms with van der Waals surface area (Å²) in [6.45, 7) is 0.0330. The first-order valence-electron chi connectivity index (χ1n) is 4.12. The molecule has 1 N–H and O–H groups in total. The lowest BCUT2D eigenvalue weighted by molar-refractivity contribution is -0.117. The van der Waals surface area contributed by atoms with Crippen LogP contribution in [0.1, 0.15) is 0 Å². The number of hydrogen-bond acceptors (Lipinski definition) is 6. The highest BCUT2D eigenvalue weighted by atomic mass is 16.2. The van der Waals surface area contributed by atoms with E-state index in [1.807, 2.05) is 0 Å². The number of nitrogens with one attached hydrogen (secondary N) is 1. The second-order valence-electron chi connectivity index (χ2n) is 2.63. The zero-order valence-corrected chi connectivity index (χ0v) is 7.61. The van der Waals surface area contributed by atoms with Crippen molar-refractivity contribution in [3.05, 3.63) is 24.8 Å². The Hall–Kier alpha value is -2.38. The van der Waals surface area contributed by atoms with Gasteiger partial charge in [-0.2, -0.15) is 0 Å². The number of nitrogens with zero attached hydrogens (tertiary/aromatic N) is 6. The predicted molar refractivity (Wildman–Crippen MR) is 48.5 cm³/mol. The van der Waals surface area contributed by atoms with E-state index in [4.69, 9.17) is 0 Å². The third kappa shape index (κ3) is 2.53. The van der Waals surface area contributed by atoms with E-state index in [9.17, 15) is 4.79 Å². The first-order valence-corrected chi connectivity index (χ1v) is 4.12. The molecule has 0 aliphatic heterocycles. The minimum absolute atomic E-state index is 0.0330. The van der Waals surface area contributed by atoms with Crippen LogP contribution in [0.3, 0.4) is 0 Å². The quantitative estimate of drug-likeness (QED) is 0.697. The summed E-state index contributed by atoms with van der Waals surface area (Å²) < 4.78 is 1.30. The number of carbonyl (C=O) groups is 1. The number of carbonyl (C=O) groups excluding carboxylic acids is 1. The van der Waals surface area contributed by atoms with Crippen LogP contribution in [0.15, 0.2) is 24.8 Å². The van der Waals surface area contributed by atoms with Crippen LogP contribution in [-0.4, -0.2) is 36.1 Å². The molecule has 0 spiro atoms. The summed E-state index contributed by atoms with van der Waals surface area (Å²) in [5.74, 6) is -0.0240. The summed E-state index contributed by atoms with van der Waals surface area (Å²) in [7, 11) is 0. The van der Waals surface area contributed by atoms with Crippen LogP contribution in [0.2, 0.25) is 0 Å². The van der Waals surface area contributed by atoms with Gasteiger partial charge >= 0.3 is 0 Å². The second kappa shape index (κ2) is 4.22. The van der Waals surface area contributed by atoms with Gasteiger partial charge in [-0.15, -0.1) is 5.10 Å². The van der Waals surface area contributed by atoms with Crippen molar-refractivity contribution in [2.75, 3.05) is 5.32 Å². The van der Waals surface area contributed by atoms with Crippen molar-refractivity contribution in [3.63, 3.8) is 0 Å². The summed E-state index contributed by atoms with van der Waals surface area (Å²) in [6, 6.07) is 1.66. The molecule has 15 heavy (non-hydrogen) atoms. The van der Waals surface area contributed by atoms with Gasteiger partial charge in [0.1, 0.15) is 12.9 Å². The number of amides is 1. The fourth-order valence-corrected chi connectivity index (χ4v) is 0.928. The summed E-state index contributed by atoms with van der Waals surface area (Å²) in [4.78, 5) is 19.1. The van der Waals surface area contributed by atoms with Crippen LogP contribution in [0, 0.1) is 0 Å². The summed E-state index contributed by atoms with van der Waals surface area (Å²) in [6.07, 6.45) is 4.44. The van der Waals surface area contributed by atoms with E-state index >= 15 is 0 Å². The van der Waals surface area contributed by atoms with Gasteiger partial charge in [-0.3, -0.25) is 10.1 Å². The van der Waals surface area contributed by atoms with Crippen LogP contribution in [0.4, 0.5) is 5.95 Å². The highest BCUT2D eigenvalue weighted by Crippen LogP contribution is 1.94. The molecule has 76 valence electrons. The summed E-state index contributed by atoms with van der Waals surface area (Å²) in [5, 5.41) is 12.9. The Balaban J connectivity index is 1.94. The maximum absolute atomic E-state index is 11.4. The van der Waals surface area contributed by atoms with Gasteiger partial charge in [-0.25, -0.2) is 14.6 Å². The lowest BCUT2D eigenvalue weighted by atomic mass is 10.6. The molecule has 0 aliphatic rings. The van der Waals surface area contributed by atoms with Crippen molar-refractivity contribution in [2.45, 2.75) is 6.54 Å². The Kier molecular flexibility index (Phi) is 2.59. The first-order chi connectivity index (χ1) is 7.34. The molecule has 2 aromatic rings. The van der Waals surface area contributed by atoms with E-state index in [0.29, 0.717) is 0 Å². The molecule has 0 bridgehead atoms. The van der Waals surface area contributed by atoms with Crippen LogP contribution in [0.5, 0.6) is 0 Å². The van der Waals surface area contributed by atoms with E-state index in [2.05, 4.69) is 30.8 Å². The van der Waals surface area contributed by atoms with Crippen molar-refractivity contribution < 1.29 is 4.79 Å². The Bertz CT molecular complexity index is 426. The van der Waals surface area contributed by atoms with Gasteiger partial charge in [0.15, 0.2) is 0 Å². The number of hydrogen-bond donors (Lipinski definition) is 1. The molecule has 8 nitrogen and oxygen atoms in total. The first kappa shape index (κ1) is 9.19.